The van der Waals surface area contributed by atoms with Crippen molar-refractivity contribution in [3.05, 3.63) is 164 Å². The number of para-hydroxylation sites is 2. The zero-order chi connectivity index (χ0) is 34.6. The van der Waals surface area contributed by atoms with Crippen molar-refractivity contribution in [2.45, 2.75) is 0 Å². The van der Waals surface area contributed by atoms with Gasteiger partial charge in [0.1, 0.15) is 11.2 Å². The Morgan fingerprint density at radius 3 is 2.13 bits per heavy atom. The Kier molecular flexibility index (Phi) is 5.90. The van der Waals surface area contributed by atoms with Crippen LogP contribution in [0.4, 0.5) is 0 Å². The van der Waals surface area contributed by atoms with E-state index in [1.807, 2.05) is 11.3 Å². The molecule has 5 heteroatoms. The molecule has 0 saturated carbocycles. The first kappa shape index (κ1) is 28.8. The first-order valence-electron chi connectivity index (χ1n) is 17.8. The molecule has 12 aromatic rings. The van der Waals surface area contributed by atoms with Crippen molar-refractivity contribution in [2.24, 2.45) is 0 Å². The minimum absolute atomic E-state index is 0.634. The summed E-state index contributed by atoms with van der Waals surface area (Å²) in [6.07, 6.45) is 0. The van der Waals surface area contributed by atoms with E-state index in [0.29, 0.717) is 5.95 Å². The van der Waals surface area contributed by atoms with Gasteiger partial charge in [0.05, 0.1) is 27.6 Å². The average molecular weight is 694 g/mol. The molecular formula is C48H27N3OS. The van der Waals surface area contributed by atoms with E-state index in [-0.39, 0.29) is 0 Å². The lowest BCUT2D eigenvalue weighted by Gasteiger charge is -2.12. The summed E-state index contributed by atoms with van der Waals surface area (Å²) >= 11 is 1.83. The molecule has 0 radical (unpaired) electrons. The van der Waals surface area contributed by atoms with Gasteiger partial charge < -0.3 is 4.42 Å². The van der Waals surface area contributed by atoms with Crippen molar-refractivity contribution < 1.29 is 4.42 Å². The molecule has 4 nitrogen and oxygen atoms in total. The maximum Gasteiger partial charge on any atom is 0.235 e. The average Bonchev–Trinajstić information content (AvgIpc) is 3.90. The van der Waals surface area contributed by atoms with Crippen LogP contribution in [0.15, 0.2) is 168 Å². The van der Waals surface area contributed by atoms with Crippen LogP contribution in [-0.4, -0.2) is 14.5 Å². The number of thiophene rings is 1. The molecule has 0 fully saturated rings. The van der Waals surface area contributed by atoms with Crippen molar-refractivity contribution >= 4 is 96.9 Å². The Morgan fingerprint density at radius 2 is 1.21 bits per heavy atom. The van der Waals surface area contributed by atoms with E-state index in [0.717, 1.165) is 65.9 Å². The molecule has 0 unspecified atom stereocenters. The summed E-state index contributed by atoms with van der Waals surface area (Å²) in [5.74, 6) is 0.634. The standard InChI is InChI=1S/C48H27N3OS/c1-2-10-28(11-3-1)29-18-21-32-30(26-29)19-24-41-44(32)36-22-23-40-45(47(36)52-41)35-14-5-8-16-39(35)51(40)48-49-38-15-7-4-13-34(38)46(50-48)31-20-25-43-37(27-31)33-12-6-9-17-42(33)53-43/h1-27H. The van der Waals surface area contributed by atoms with Crippen molar-refractivity contribution in [1.29, 1.82) is 0 Å². The number of furan rings is 1. The Balaban J connectivity index is 1.11. The maximum absolute atomic E-state index is 6.82. The molecular weight excluding hydrogens is 667 g/mol. The highest BCUT2D eigenvalue weighted by Crippen LogP contribution is 2.43. The number of aromatic nitrogens is 3. The first-order chi connectivity index (χ1) is 26.3. The fourth-order valence-corrected chi connectivity index (χ4v) is 9.48. The minimum Gasteiger partial charge on any atom is -0.455 e. The summed E-state index contributed by atoms with van der Waals surface area (Å²) in [7, 11) is 0. The van der Waals surface area contributed by atoms with Crippen molar-refractivity contribution in [3.63, 3.8) is 0 Å². The third-order valence-electron chi connectivity index (χ3n) is 10.8. The van der Waals surface area contributed by atoms with E-state index in [4.69, 9.17) is 14.4 Å². The number of rotatable bonds is 3. The summed E-state index contributed by atoms with van der Waals surface area (Å²) in [4.78, 5) is 10.6. The number of fused-ring (bicyclic) bond motifs is 13. The quantitative estimate of drug-likeness (QED) is 0.185. The lowest BCUT2D eigenvalue weighted by atomic mass is 9.98. The van der Waals surface area contributed by atoms with Gasteiger partial charge >= 0.3 is 0 Å². The fraction of sp³-hybridized carbons (Fsp3) is 0. The van der Waals surface area contributed by atoms with Gasteiger partial charge in [0.25, 0.3) is 0 Å². The summed E-state index contributed by atoms with van der Waals surface area (Å²) in [5.41, 5.74) is 9.10. The Hall–Kier alpha value is -6.82. The molecule has 53 heavy (non-hydrogen) atoms. The molecule has 246 valence electrons. The highest BCUT2D eigenvalue weighted by atomic mass is 32.1. The Bertz CT molecular complexity index is 3460. The van der Waals surface area contributed by atoms with Gasteiger partial charge in [-0.05, 0) is 76.5 Å². The number of hydrogen-bond donors (Lipinski definition) is 0. The summed E-state index contributed by atoms with van der Waals surface area (Å²) in [6, 6.07) is 58.2. The molecule has 4 heterocycles. The van der Waals surface area contributed by atoms with Crippen molar-refractivity contribution in [2.75, 3.05) is 0 Å². The van der Waals surface area contributed by atoms with Crippen LogP contribution in [0.5, 0.6) is 0 Å². The van der Waals surface area contributed by atoms with E-state index in [1.54, 1.807) is 0 Å². The molecule has 4 aromatic heterocycles. The second kappa shape index (κ2) is 10.8. The third kappa shape index (κ3) is 4.17. The van der Waals surface area contributed by atoms with Gasteiger partial charge in [-0.3, -0.25) is 4.57 Å². The summed E-state index contributed by atoms with van der Waals surface area (Å²) < 4.78 is 11.6. The smallest absolute Gasteiger partial charge is 0.235 e. The van der Waals surface area contributed by atoms with Gasteiger partial charge in [0.15, 0.2) is 0 Å². The molecule has 0 atom stereocenters. The van der Waals surface area contributed by atoms with Gasteiger partial charge in [-0.1, -0.05) is 109 Å². The largest absolute Gasteiger partial charge is 0.455 e. The van der Waals surface area contributed by atoms with Crippen LogP contribution in [-0.2, 0) is 0 Å². The SMILES string of the molecule is c1ccc(-c2ccc3c(ccc4oc5c(ccc6c5c5ccccc5n6-c5nc(-c6ccc7sc8ccccc8c7c6)c6ccccc6n5)c43)c2)cc1. The lowest BCUT2D eigenvalue weighted by Crippen LogP contribution is -2.03. The topological polar surface area (TPSA) is 43.9 Å². The molecule has 8 aromatic carbocycles. The molecule has 0 aliphatic rings. The van der Waals surface area contributed by atoms with E-state index in [2.05, 4.69) is 168 Å². The third-order valence-corrected chi connectivity index (χ3v) is 12.0. The predicted octanol–water partition coefficient (Wildman–Crippen LogP) is 13.5. The van der Waals surface area contributed by atoms with Gasteiger partial charge in [-0.25, -0.2) is 9.97 Å². The predicted molar refractivity (Wildman–Crippen MR) is 222 cm³/mol. The maximum atomic E-state index is 6.82. The highest BCUT2D eigenvalue weighted by molar-refractivity contribution is 7.25. The van der Waals surface area contributed by atoms with Crippen LogP contribution in [0.1, 0.15) is 0 Å². The molecule has 12 rings (SSSR count). The van der Waals surface area contributed by atoms with Gasteiger partial charge in [0, 0.05) is 47.3 Å². The number of nitrogens with zero attached hydrogens (tertiary/aromatic N) is 3. The van der Waals surface area contributed by atoms with Crippen LogP contribution >= 0.6 is 11.3 Å². The van der Waals surface area contributed by atoms with E-state index >= 15 is 0 Å². The van der Waals surface area contributed by atoms with Crippen LogP contribution in [0.3, 0.4) is 0 Å². The van der Waals surface area contributed by atoms with E-state index in [1.165, 1.54) is 42.1 Å². The van der Waals surface area contributed by atoms with E-state index < -0.39 is 0 Å². The zero-order valence-electron chi connectivity index (χ0n) is 28.2. The monoisotopic (exact) mass is 693 g/mol. The van der Waals surface area contributed by atoms with Gasteiger partial charge in [-0.2, -0.15) is 0 Å². The second-order valence-electron chi connectivity index (χ2n) is 13.7. The molecule has 0 aliphatic carbocycles. The Morgan fingerprint density at radius 1 is 0.453 bits per heavy atom. The second-order valence-corrected chi connectivity index (χ2v) is 14.8. The molecule has 0 saturated heterocycles. The van der Waals surface area contributed by atoms with E-state index in [9.17, 15) is 0 Å². The zero-order valence-corrected chi connectivity index (χ0v) is 29.1. The first-order valence-corrected chi connectivity index (χ1v) is 18.6. The minimum atomic E-state index is 0.634. The van der Waals surface area contributed by atoms with Crippen LogP contribution in [0.25, 0.3) is 114 Å². The van der Waals surface area contributed by atoms with Gasteiger partial charge in [0.2, 0.25) is 5.95 Å². The van der Waals surface area contributed by atoms with Crippen molar-refractivity contribution in [1.82, 2.24) is 14.5 Å². The van der Waals surface area contributed by atoms with Gasteiger partial charge in [-0.15, -0.1) is 11.3 Å². The van der Waals surface area contributed by atoms with Crippen molar-refractivity contribution in [3.8, 4) is 28.3 Å². The molecule has 0 bridgehead atoms. The molecule has 0 spiro atoms. The summed E-state index contributed by atoms with van der Waals surface area (Å²) in [6.45, 7) is 0. The molecule has 0 amide bonds. The summed E-state index contributed by atoms with van der Waals surface area (Å²) in [5, 5.41) is 10.3. The molecule has 0 aliphatic heterocycles. The number of benzene rings is 8. The molecule has 0 N–H and O–H groups in total. The van der Waals surface area contributed by atoms with Crippen LogP contribution < -0.4 is 0 Å². The fourth-order valence-electron chi connectivity index (χ4n) is 8.40. The number of hydrogen-bond acceptors (Lipinski definition) is 4. The van der Waals surface area contributed by atoms with Crippen LogP contribution in [0.2, 0.25) is 0 Å². The highest BCUT2D eigenvalue weighted by Gasteiger charge is 2.22. The normalized spacial score (nSPS) is 12.2. The Labute approximate surface area is 306 Å². The lowest BCUT2D eigenvalue weighted by molar-refractivity contribution is 0.673. The van der Waals surface area contributed by atoms with Crippen LogP contribution in [0, 0.1) is 0 Å².